The summed E-state index contributed by atoms with van der Waals surface area (Å²) in [6.45, 7) is 5.84. The van der Waals surface area contributed by atoms with E-state index in [4.69, 9.17) is 5.73 Å². The SMILES string of the molecule is CC(C)CCn1c(CN)nc2cccnc21. The molecule has 0 fully saturated rings. The van der Waals surface area contributed by atoms with Gasteiger partial charge < -0.3 is 10.3 Å². The second-order valence-corrected chi connectivity index (χ2v) is 4.41. The van der Waals surface area contributed by atoms with Gasteiger partial charge in [0, 0.05) is 12.7 Å². The monoisotopic (exact) mass is 218 g/mol. The van der Waals surface area contributed by atoms with E-state index in [1.54, 1.807) is 6.20 Å². The Labute approximate surface area is 95.5 Å². The molecule has 4 heteroatoms. The van der Waals surface area contributed by atoms with E-state index in [0.29, 0.717) is 12.5 Å². The van der Waals surface area contributed by atoms with Crippen LogP contribution in [0.2, 0.25) is 0 Å². The van der Waals surface area contributed by atoms with Gasteiger partial charge in [0.15, 0.2) is 5.65 Å². The summed E-state index contributed by atoms with van der Waals surface area (Å²) in [6, 6.07) is 3.88. The van der Waals surface area contributed by atoms with Crippen LogP contribution in [0.15, 0.2) is 18.3 Å². The lowest BCUT2D eigenvalue weighted by Crippen LogP contribution is -2.10. The minimum atomic E-state index is 0.467. The zero-order chi connectivity index (χ0) is 11.5. The normalized spacial score (nSPS) is 11.5. The van der Waals surface area contributed by atoms with E-state index in [-0.39, 0.29) is 0 Å². The molecule has 0 atom stereocenters. The van der Waals surface area contributed by atoms with Gasteiger partial charge in [0.1, 0.15) is 11.3 Å². The molecule has 86 valence electrons. The fraction of sp³-hybridized carbons (Fsp3) is 0.500. The fourth-order valence-electron chi connectivity index (χ4n) is 1.78. The summed E-state index contributed by atoms with van der Waals surface area (Å²) in [4.78, 5) is 8.86. The molecule has 2 rings (SSSR count). The van der Waals surface area contributed by atoms with E-state index >= 15 is 0 Å². The van der Waals surface area contributed by atoms with E-state index in [2.05, 4.69) is 28.4 Å². The average Bonchev–Trinajstić information content (AvgIpc) is 2.64. The molecule has 16 heavy (non-hydrogen) atoms. The second kappa shape index (κ2) is 4.61. The fourth-order valence-corrected chi connectivity index (χ4v) is 1.78. The number of imidazole rings is 1. The highest BCUT2D eigenvalue weighted by molar-refractivity contribution is 5.71. The van der Waals surface area contributed by atoms with E-state index in [0.717, 1.165) is 30.0 Å². The number of rotatable bonds is 4. The molecule has 0 amide bonds. The van der Waals surface area contributed by atoms with Crippen molar-refractivity contribution in [3.8, 4) is 0 Å². The molecule has 2 aromatic rings. The Bertz CT molecular complexity index is 473. The van der Waals surface area contributed by atoms with Crippen LogP contribution in [0, 0.1) is 5.92 Å². The molecule has 0 aliphatic rings. The smallest absolute Gasteiger partial charge is 0.160 e. The lowest BCUT2D eigenvalue weighted by molar-refractivity contribution is 0.511. The first kappa shape index (κ1) is 11.1. The second-order valence-electron chi connectivity index (χ2n) is 4.41. The molecule has 0 unspecified atom stereocenters. The molecule has 4 nitrogen and oxygen atoms in total. The standard InChI is InChI=1S/C12H18N4/c1-9(2)5-7-16-11(8-13)15-10-4-3-6-14-12(10)16/h3-4,6,9H,5,7-8,13H2,1-2H3. The zero-order valence-corrected chi connectivity index (χ0v) is 9.85. The third-order valence-corrected chi connectivity index (χ3v) is 2.70. The number of fused-ring (bicyclic) bond motifs is 1. The van der Waals surface area contributed by atoms with Gasteiger partial charge in [0.05, 0.1) is 6.54 Å². The van der Waals surface area contributed by atoms with E-state index in [1.165, 1.54) is 0 Å². The maximum absolute atomic E-state index is 5.71. The molecule has 0 aromatic carbocycles. The van der Waals surface area contributed by atoms with Crippen molar-refractivity contribution in [3.05, 3.63) is 24.2 Å². The van der Waals surface area contributed by atoms with Crippen LogP contribution < -0.4 is 5.73 Å². The van der Waals surface area contributed by atoms with E-state index < -0.39 is 0 Å². The molecular weight excluding hydrogens is 200 g/mol. The van der Waals surface area contributed by atoms with Crippen LogP contribution in [0.3, 0.4) is 0 Å². The third kappa shape index (κ3) is 2.07. The molecule has 0 aliphatic carbocycles. The van der Waals surface area contributed by atoms with Crippen molar-refractivity contribution < 1.29 is 0 Å². The van der Waals surface area contributed by atoms with Crippen molar-refractivity contribution in [2.24, 2.45) is 11.7 Å². The quantitative estimate of drug-likeness (QED) is 0.853. The summed E-state index contributed by atoms with van der Waals surface area (Å²) in [5.41, 5.74) is 7.59. The van der Waals surface area contributed by atoms with Crippen molar-refractivity contribution in [2.45, 2.75) is 33.4 Å². The predicted octanol–water partition coefficient (Wildman–Crippen LogP) is 1.94. The van der Waals surface area contributed by atoms with Crippen molar-refractivity contribution in [1.29, 1.82) is 0 Å². The van der Waals surface area contributed by atoms with Crippen molar-refractivity contribution in [3.63, 3.8) is 0 Å². The predicted molar refractivity (Wildman–Crippen MR) is 64.9 cm³/mol. The Morgan fingerprint density at radius 3 is 2.94 bits per heavy atom. The first-order chi connectivity index (χ1) is 7.72. The molecular formula is C12H18N4. The first-order valence-corrected chi connectivity index (χ1v) is 5.72. The van der Waals surface area contributed by atoms with Crippen LogP contribution in [0.1, 0.15) is 26.1 Å². The van der Waals surface area contributed by atoms with E-state index in [9.17, 15) is 0 Å². The van der Waals surface area contributed by atoms with Crippen LogP contribution in [-0.4, -0.2) is 14.5 Å². The molecule has 2 aromatic heterocycles. The van der Waals surface area contributed by atoms with Crippen LogP contribution >= 0.6 is 0 Å². The van der Waals surface area contributed by atoms with Gasteiger partial charge in [-0.2, -0.15) is 0 Å². The summed E-state index contributed by atoms with van der Waals surface area (Å²) >= 11 is 0. The minimum absolute atomic E-state index is 0.467. The maximum Gasteiger partial charge on any atom is 0.160 e. The van der Waals surface area contributed by atoms with E-state index in [1.807, 2.05) is 12.1 Å². The Balaban J connectivity index is 2.39. The van der Waals surface area contributed by atoms with Crippen molar-refractivity contribution >= 4 is 11.2 Å². The number of pyridine rings is 1. The summed E-state index contributed by atoms with van der Waals surface area (Å²) < 4.78 is 2.13. The number of hydrogen-bond donors (Lipinski definition) is 1. The largest absolute Gasteiger partial charge is 0.324 e. The lowest BCUT2D eigenvalue weighted by atomic mass is 10.1. The van der Waals surface area contributed by atoms with Gasteiger partial charge >= 0.3 is 0 Å². The number of aryl methyl sites for hydroxylation is 1. The van der Waals surface area contributed by atoms with Crippen LogP contribution in [-0.2, 0) is 13.1 Å². The van der Waals surface area contributed by atoms with Gasteiger partial charge in [0.2, 0.25) is 0 Å². The third-order valence-electron chi connectivity index (χ3n) is 2.70. The number of nitrogens with two attached hydrogens (primary N) is 1. The van der Waals surface area contributed by atoms with Crippen molar-refractivity contribution in [2.75, 3.05) is 0 Å². The van der Waals surface area contributed by atoms with Gasteiger partial charge in [-0.25, -0.2) is 9.97 Å². The molecule has 0 radical (unpaired) electrons. The first-order valence-electron chi connectivity index (χ1n) is 5.72. The van der Waals surface area contributed by atoms with Gasteiger partial charge in [0.25, 0.3) is 0 Å². The number of hydrogen-bond acceptors (Lipinski definition) is 3. The summed E-state index contributed by atoms with van der Waals surface area (Å²) in [5, 5.41) is 0. The molecule has 2 N–H and O–H groups in total. The molecule has 0 aliphatic heterocycles. The molecule has 2 heterocycles. The highest BCUT2D eigenvalue weighted by Gasteiger charge is 2.10. The number of nitrogens with zero attached hydrogens (tertiary/aromatic N) is 3. The van der Waals surface area contributed by atoms with Gasteiger partial charge in [-0.3, -0.25) is 0 Å². The van der Waals surface area contributed by atoms with Crippen LogP contribution in [0.25, 0.3) is 11.2 Å². The Morgan fingerprint density at radius 2 is 2.25 bits per heavy atom. The summed E-state index contributed by atoms with van der Waals surface area (Å²) in [7, 11) is 0. The topological polar surface area (TPSA) is 56.7 Å². The zero-order valence-electron chi connectivity index (χ0n) is 9.85. The van der Waals surface area contributed by atoms with Gasteiger partial charge in [-0.1, -0.05) is 13.8 Å². The highest BCUT2D eigenvalue weighted by atomic mass is 15.1. The molecule has 0 bridgehead atoms. The van der Waals surface area contributed by atoms with Gasteiger partial charge in [-0.05, 0) is 24.5 Å². The lowest BCUT2D eigenvalue weighted by Gasteiger charge is -2.09. The average molecular weight is 218 g/mol. The van der Waals surface area contributed by atoms with Gasteiger partial charge in [-0.15, -0.1) is 0 Å². The molecule has 0 saturated carbocycles. The molecule has 0 spiro atoms. The Morgan fingerprint density at radius 1 is 1.44 bits per heavy atom. The summed E-state index contributed by atoms with van der Waals surface area (Å²) in [5.74, 6) is 1.60. The number of aromatic nitrogens is 3. The Kier molecular flexibility index (Phi) is 3.19. The Hall–Kier alpha value is -1.42. The van der Waals surface area contributed by atoms with Crippen molar-refractivity contribution in [1.82, 2.24) is 14.5 Å². The van der Waals surface area contributed by atoms with Crippen LogP contribution in [0.4, 0.5) is 0 Å². The summed E-state index contributed by atoms with van der Waals surface area (Å²) in [6.07, 6.45) is 2.92. The molecule has 0 saturated heterocycles. The highest BCUT2D eigenvalue weighted by Crippen LogP contribution is 2.15. The minimum Gasteiger partial charge on any atom is -0.324 e. The maximum atomic E-state index is 5.71. The van der Waals surface area contributed by atoms with Crippen LogP contribution in [0.5, 0.6) is 0 Å².